The van der Waals surface area contributed by atoms with Crippen LogP contribution in [0.4, 0.5) is 4.79 Å². The van der Waals surface area contributed by atoms with E-state index in [4.69, 9.17) is 19.9 Å². The Morgan fingerprint density at radius 1 is 1.08 bits per heavy atom. The first kappa shape index (κ1) is 20.3. The summed E-state index contributed by atoms with van der Waals surface area (Å²) in [6.45, 7) is 6.28. The molecule has 0 spiro atoms. The maximum atomic E-state index is 12.2. The molecule has 8 heteroatoms. The molecular weight excluding hydrogens is 328 g/mol. The highest BCUT2D eigenvalue weighted by Crippen LogP contribution is 2.29. The predicted octanol–water partition coefficient (Wildman–Crippen LogP) is 2.00. The molecule has 1 atom stereocenters. The van der Waals surface area contributed by atoms with Gasteiger partial charge in [-0.05, 0) is 38.0 Å². The van der Waals surface area contributed by atoms with Crippen LogP contribution < -0.4 is 20.5 Å². The third-order valence-electron chi connectivity index (χ3n) is 3.00. The van der Waals surface area contributed by atoms with Crippen LogP contribution in [-0.4, -0.2) is 37.2 Å². The van der Waals surface area contributed by atoms with E-state index in [0.717, 1.165) is 12.8 Å². The van der Waals surface area contributed by atoms with E-state index >= 15 is 0 Å². The monoisotopic (exact) mass is 352 g/mol. The summed E-state index contributed by atoms with van der Waals surface area (Å²) < 4.78 is 16.2. The fourth-order valence-electron chi connectivity index (χ4n) is 1.80. The molecule has 0 saturated heterocycles. The van der Waals surface area contributed by atoms with Gasteiger partial charge < -0.3 is 19.9 Å². The minimum Gasteiger partial charge on any atom is -0.490 e. The number of carbonyl (C=O) groups is 3. The van der Waals surface area contributed by atoms with Crippen LogP contribution >= 0.6 is 0 Å². The number of rotatable bonds is 9. The molecule has 0 aliphatic rings. The molecule has 0 fully saturated rings. The molecule has 0 aliphatic carbocycles. The minimum atomic E-state index is -1.17. The van der Waals surface area contributed by atoms with Crippen molar-refractivity contribution in [1.29, 1.82) is 0 Å². The molecule has 8 nitrogen and oxygen atoms in total. The zero-order valence-electron chi connectivity index (χ0n) is 14.7. The van der Waals surface area contributed by atoms with E-state index in [2.05, 4.69) is 0 Å². The van der Waals surface area contributed by atoms with Crippen molar-refractivity contribution < 1.29 is 28.6 Å². The Kier molecular flexibility index (Phi) is 8.25. The van der Waals surface area contributed by atoms with Gasteiger partial charge in [0.2, 0.25) is 0 Å². The molecule has 0 bridgehead atoms. The number of esters is 1. The maximum absolute atomic E-state index is 12.2. The molecule has 3 amide bonds. The normalized spacial score (nSPS) is 11.3. The SMILES string of the molecule is CCCOc1ccc(C(=O)O[C@H](C)C(=O)NC(N)=O)cc1OCCC. The van der Waals surface area contributed by atoms with Gasteiger partial charge in [-0.3, -0.25) is 10.1 Å². The van der Waals surface area contributed by atoms with Gasteiger partial charge in [-0.1, -0.05) is 13.8 Å². The average Bonchev–Trinajstić information content (AvgIpc) is 2.57. The van der Waals surface area contributed by atoms with Gasteiger partial charge in [-0.2, -0.15) is 0 Å². The largest absolute Gasteiger partial charge is 0.490 e. The summed E-state index contributed by atoms with van der Waals surface area (Å²) in [5.74, 6) is -0.563. The van der Waals surface area contributed by atoms with Gasteiger partial charge in [0, 0.05) is 0 Å². The summed E-state index contributed by atoms with van der Waals surface area (Å²) in [5, 5.41) is 1.85. The number of urea groups is 1. The molecule has 1 aromatic carbocycles. The third-order valence-corrected chi connectivity index (χ3v) is 3.00. The van der Waals surface area contributed by atoms with Crippen LogP contribution in [0.1, 0.15) is 44.0 Å². The van der Waals surface area contributed by atoms with Gasteiger partial charge in [0.1, 0.15) is 0 Å². The number of primary amides is 1. The smallest absolute Gasteiger partial charge is 0.339 e. The quantitative estimate of drug-likeness (QED) is 0.657. The molecule has 3 N–H and O–H groups in total. The molecule has 1 aromatic rings. The van der Waals surface area contributed by atoms with Gasteiger partial charge in [0.25, 0.3) is 5.91 Å². The van der Waals surface area contributed by atoms with Crippen LogP contribution in [0.2, 0.25) is 0 Å². The zero-order valence-corrected chi connectivity index (χ0v) is 14.7. The molecule has 0 aromatic heterocycles. The van der Waals surface area contributed by atoms with E-state index in [1.54, 1.807) is 6.07 Å². The molecular formula is C17H24N2O6. The highest BCUT2D eigenvalue weighted by molar-refractivity contribution is 5.98. The molecule has 1 rings (SSSR count). The minimum absolute atomic E-state index is 0.202. The Morgan fingerprint density at radius 2 is 1.68 bits per heavy atom. The number of hydrogen-bond acceptors (Lipinski definition) is 6. The van der Waals surface area contributed by atoms with Crippen molar-refractivity contribution >= 4 is 17.9 Å². The van der Waals surface area contributed by atoms with Gasteiger partial charge >= 0.3 is 12.0 Å². The summed E-state index contributed by atoms with van der Waals surface area (Å²) in [5.41, 5.74) is 5.06. The van der Waals surface area contributed by atoms with Crippen LogP contribution in [0.15, 0.2) is 18.2 Å². The van der Waals surface area contributed by atoms with Crippen molar-refractivity contribution in [3.05, 3.63) is 23.8 Å². The highest BCUT2D eigenvalue weighted by atomic mass is 16.5. The van der Waals surface area contributed by atoms with E-state index in [1.807, 2.05) is 19.2 Å². The molecule has 0 radical (unpaired) electrons. The summed E-state index contributed by atoms with van der Waals surface area (Å²) in [4.78, 5) is 34.4. The molecule has 0 saturated carbocycles. The third kappa shape index (κ3) is 6.70. The van der Waals surface area contributed by atoms with E-state index in [9.17, 15) is 14.4 Å². The van der Waals surface area contributed by atoms with Crippen LogP contribution in [-0.2, 0) is 9.53 Å². The summed E-state index contributed by atoms with van der Waals surface area (Å²) >= 11 is 0. The van der Waals surface area contributed by atoms with Gasteiger partial charge in [0.05, 0.1) is 18.8 Å². The van der Waals surface area contributed by atoms with Crippen LogP contribution in [0.5, 0.6) is 11.5 Å². The average molecular weight is 352 g/mol. The van der Waals surface area contributed by atoms with Gasteiger partial charge in [0.15, 0.2) is 17.6 Å². The number of imide groups is 1. The lowest BCUT2D eigenvalue weighted by Crippen LogP contribution is -2.42. The van der Waals surface area contributed by atoms with E-state index in [-0.39, 0.29) is 5.56 Å². The Balaban J connectivity index is 2.86. The van der Waals surface area contributed by atoms with Crippen LogP contribution in [0.25, 0.3) is 0 Å². The summed E-state index contributed by atoms with van der Waals surface area (Å²) in [6.07, 6.45) is 0.464. The Hall–Kier alpha value is -2.77. The highest BCUT2D eigenvalue weighted by Gasteiger charge is 2.21. The standard InChI is InChI=1S/C17H24N2O6/c1-4-8-23-13-7-6-12(10-14(13)24-9-5-2)16(21)25-11(3)15(20)19-17(18)22/h6-7,10-11H,4-5,8-9H2,1-3H3,(H3,18,19,20,22)/t11-/m1/s1. The first-order valence-corrected chi connectivity index (χ1v) is 8.09. The number of ether oxygens (including phenoxy) is 3. The molecule has 0 unspecified atom stereocenters. The molecule has 25 heavy (non-hydrogen) atoms. The zero-order chi connectivity index (χ0) is 18.8. The molecule has 0 aliphatic heterocycles. The van der Waals surface area contributed by atoms with Crippen LogP contribution in [0, 0.1) is 0 Å². The maximum Gasteiger partial charge on any atom is 0.339 e. The number of benzene rings is 1. The Bertz CT molecular complexity index is 617. The second-order valence-electron chi connectivity index (χ2n) is 5.26. The number of carbonyl (C=O) groups excluding carboxylic acids is 3. The van der Waals surface area contributed by atoms with Crippen molar-refractivity contribution in [2.24, 2.45) is 5.73 Å². The second kappa shape index (κ2) is 10.2. The first-order valence-electron chi connectivity index (χ1n) is 8.09. The summed E-state index contributed by atoms with van der Waals surface area (Å²) in [7, 11) is 0. The van der Waals surface area contributed by atoms with Gasteiger partial charge in [-0.15, -0.1) is 0 Å². The Labute approximate surface area is 146 Å². The van der Waals surface area contributed by atoms with E-state index in [0.29, 0.717) is 24.7 Å². The fraction of sp³-hybridized carbons (Fsp3) is 0.471. The number of hydrogen-bond donors (Lipinski definition) is 2. The van der Waals surface area contributed by atoms with E-state index in [1.165, 1.54) is 19.1 Å². The second-order valence-corrected chi connectivity index (χ2v) is 5.26. The number of amides is 3. The molecule has 138 valence electrons. The van der Waals surface area contributed by atoms with Crippen molar-refractivity contribution in [2.75, 3.05) is 13.2 Å². The van der Waals surface area contributed by atoms with E-state index < -0.39 is 24.0 Å². The predicted molar refractivity (Wildman–Crippen MR) is 90.6 cm³/mol. The van der Waals surface area contributed by atoms with Gasteiger partial charge in [-0.25, -0.2) is 9.59 Å². The lowest BCUT2D eigenvalue weighted by atomic mass is 10.2. The van der Waals surface area contributed by atoms with Crippen molar-refractivity contribution in [2.45, 2.75) is 39.7 Å². The topological polar surface area (TPSA) is 117 Å². The van der Waals surface area contributed by atoms with Crippen molar-refractivity contribution in [1.82, 2.24) is 5.32 Å². The number of nitrogens with two attached hydrogens (primary N) is 1. The molecule has 0 heterocycles. The van der Waals surface area contributed by atoms with Crippen molar-refractivity contribution in [3.8, 4) is 11.5 Å². The fourth-order valence-corrected chi connectivity index (χ4v) is 1.80. The lowest BCUT2D eigenvalue weighted by molar-refractivity contribution is -0.127. The first-order chi connectivity index (χ1) is 11.9. The van der Waals surface area contributed by atoms with Crippen LogP contribution in [0.3, 0.4) is 0 Å². The van der Waals surface area contributed by atoms with Crippen molar-refractivity contribution in [3.63, 3.8) is 0 Å². The Morgan fingerprint density at radius 3 is 2.24 bits per heavy atom. The summed E-state index contributed by atoms with van der Waals surface area (Å²) in [6, 6.07) is 3.62. The lowest BCUT2D eigenvalue weighted by Gasteiger charge is -2.15. The number of nitrogens with one attached hydrogen (secondary N) is 1.